The highest BCUT2D eigenvalue weighted by Crippen LogP contribution is 2.26. The molecule has 0 bridgehead atoms. The van der Waals surface area contributed by atoms with Gasteiger partial charge in [-0.2, -0.15) is 5.26 Å². The van der Waals surface area contributed by atoms with Gasteiger partial charge < -0.3 is 10.2 Å². The van der Waals surface area contributed by atoms with Crippen LogP contribution >= 0.6 is 0 Å². The van der Waals surface area contributed by atoms with Crippen LogP contribution in [0.15, 0.2) is 53.5 Å². The van der Waals surface area contributed by atoms with Crippen LogP contribution in [0, 0.1) is 17.1 Å². The van der Waals surface area contributed by atoms with Crippen molar-refractivity contribution in [2.45, 2.75) is 18.9 Å². The molecule has 5 heteroatoms. The van der Waals surface area contributed by atoms with Crippen LogP contribution in [0.5, 0.6) is 0 Å². The minimum atomic E-state index is -0.314. The van der Waals surface area contributed by atoms with E-state index in [0.717, 1.165) is 25.5 Å². The van der Waals surface area contributed by atoms with Crippen LogP contribution in [0.3, 0.4) is 0 Å². The van der Waals surface area contributed by atoms with E-state index in [1.165, 1.54) is 17.7 Å². The van der Waals surface area contributed by atoms with Gasteiger partial charge in [-0.1, -0.05) is 30.3 Å². The number of guanidine groups is 1. The summed E-state index contributed by atoms with van der Waals surface area (Å²) in [6, 6.07) is 16.9. The van der Waals surface area contributed by atoms with Crippen LogP contribution in [0.2, 0.25) is 0 Å². The molecule has 1 atom stereocenters. The molecule has 1 aliphatic heterocycles. The summed E-state index contributed by atoms with van der Waals surface area (Å²) in [6.45, 7) is 2.12. The van der Waals surface area contributed by atoms with Crippen molar-refractivity contribution < 1.29 is 4.39 Å². The second-order valence-corrected chi connectivity index (χ2v) is 6.16. The van der Waals surface area contributed by atoms with Gasteiger partial charge in [0.25, 0.3) is 0 Å². The zero-order valence-electron chi connectivity index (χ0n) is 14.2. The summed E-state index contributed by atoms with van der Waals surface area (Å²) in [5.41, 5.74) is 2.27. The maximum absolute atomic E-state index is 13.9. The predicted octanol–water partition coefficient (Wildman–Crippen LogP) is 3.26. The summed E-state index contributed by atoms with van der Waals surface area (Å²) in [6.07, 6.45) is 1.07. The van der Waals surface area contributed by atoms with Crippen molar-refractivity contribution in [1.82, 2.24) is 10.2 Å². The number of hydrogen-bond donors (Lipinski definition) is 1. The molecular formula is C20H21FN4. The third-order valence-electron chi connectivity index (χ3n) is 4.58. The summed E-state index contributed by atoms with van der Waals surface area (Å²) in [5, 5.41) is 12.2. The topological polar surface area (TPSA) is 51.4 Å². The number of rotatable bonds is 3. The number of aliphatic imine (C=N–C) groups is 1. The van der Waals surface area contributed by atoms with E-state index in [1.54, 1.807) is 13.1 Å². The first kappa shape index (κ1) is 17.0. The maximum atomic E-state index is 13.9. The summed E-state index contributed by atoms with van der Waals surface area (Å²) in [5.74, 6) is 0.934. The zero-order chi connectivity index (χ0) is 17.6. The van der Waals surface area contributed by atoms with E-state index in [2.05, 4.69) is 39.5 Å². The molecule has 25 heavy (non-hydrogen) atoms. The normalized spacial score (nSPS) is 17.4. The Labute approximate surface area is 147 Å². The lowest BCUT2D eigenvalue weighted by atomic mass is 9.99. The molecule has 2 aromatic rings. The third kappa shape index (κ3) is 3.97. The number of benzene rings is 2. The number of nitrogens with zero attached hydrogens (tertiary/aromatic N) is 3. The number of likely N-dealkylation sites (tertiary alicyclic amines) is 1. The van der Waals surface area contributed by atoms with Crippen LogP contribution < -0.4 is 5.32 Å². The van der Waals surface area contributed by atoms with Gasteiger partial charge in [-0.15, -0.1) is 0 Å². The van der Waals surface area contributed by atoms with Crippen molar-refractivity contribution in [1.29, 1.82) is 5.26 Å². The molecule has 2 aromatic carbocycles. The lowest BCUT2D eigenvalue weighted by molar-refractivity contribution is 0.484. The van der Waals surface area contributed by atoms with Gasteiger partial charge in [-0.3, -0.25) is 4.99 Å². The highest BCUT2D eigenvalue weighted by Gasteiger charge is 2.25. The van der Waals surface area contributed by atoms with Gasteiger partial charge in [0.2, 0.25) is 0 Å². The fourth-order valence-electron chi connectivity index (χ4n) is 3.24. The minimum absolute atomic E-state index is 0.306. The molecule has 1 N–H and O–H groups in total. The molecule has 128 valence electrons. The van der Waals surface area contributed by atoms with Crippen LogP contribution in [-0.4, -0.2) is 31.0 Å². The van der Waals surface area contributed by atoms with Gasteiger partial charge in [-0.05, 0) is 30.2 Å². The Morgan fingerprint density at radius 2 is 2.12 bits per heavy atom. The largest absolute Gasteiger partial charge is 0.352 e. The molecule has 1 fully saturated rings. The van der Waals surface area contributed by atoms with E-state index in [1.807, 2.05) is 12.1 Å². The van der Waals surface area contributed by atoms with E-state index in [0.29, 0.717) is 23.6 Å². The summed E-state index contributed by atoms with van der Waals surface area (Å²) in [7, 11) is 1.74. The van der Waals surface area contributed by atoms with E-state index >= 15 is 0 Å². The van der Waals surface area contributed by atoms with Crippen molar-refractivity contribution in [3.63, 3.8) is 0 Å². The lowest BCUT2D eigenvalue weighted by Gasteiger charge is -2.22. The zero-order valence-corrected chi connectivity index (χ0v) is 14.2. The molecule has 3 rings (SSSR count). The molecule has 0 aliphatic carbocycles. The maximum Gasteiger partial charge on any atom is 0.193 e. The fraction of sp³-hybridized carbons (Fsp3) is 0.300. The smallest absolute Gasteiger partial charge is 0.193 e. The average Bonchev–Trinajstić information content (AvgIpc) is 3.14. The highest BCUT2D eigenvalue weighted by atomic mass is 19.1. The SMILES string of the molecule is CN=C(NCc1cc(C#N)ccc1F)N1CCC(c2ccccc2)C1. The van der Waals surface area contributed by atoms with E-state index < -0.39 is 0 Å². The first-order chi connectivity index (χ1) is 12.2. The van der Waals surface area contributed by atoms with E-state index in [4.69, 9.17) is 5.26 Å². The van der Waals surface area contributed by atoms with Crippen molar-refractivity contribution in [3.05, 3.63) is 71.0 Å². The van der Waals surface area contributed by atoms with Crippen molar-refractivity contribution in [2.75, 3.05) is 20.1 Å². The molecule has 0 radical (unpaired) electrons. The van der Waals surface area contributed by atoms with Crippen molar-refractivity contribution >= 4 is 5.96 Å². The Bertz CT molecular complexity index is 795. The lowest BCUT2D eigenvalue weighted by Crippen LogP contribution is -2.39. The number of nitrogens with one attached hydrogen (secondary N) is 1. The third-order valence-corrected chi connectivity index (χ3v) is 4.58. The quantitative estimate of drug-likeness (QED) is 0.691. The fourth-order valence-corrected chi connectivity index (χ4v) is 3.24. The number of halogens is 1. The van der Waals surface area contributed by atoms with Gasteiger partial charge in [-0.25, -0.2) is 4.39 Å². The first-order valence-corrected chi connectivity index (χ1v) is 8.40. The number of nitriles is 1. The Kier molecular flexibility index (Phi) is 5.30. The molecule has 0 spiro atoms. The Balaban J connectivity index is 1.64. The summed E-state index contributed by atoms with van der Waals surface area (Å²) in [4.78, 5) is 6.53. The predicted molar refractivity (Wildman–Crippen MR) is 96.7 cm³/mol. The first-order valence-electron chi connectivity index (χ1n) is 8.40. The van der Waals surface area contributed by atoms with Gasteiger partial charge in [0.15, 0.2) is 5.96 Å². The van der Waals surface area contributed by atoms with Gasteiger partial charge in [0, 0.05) is 38.2 Å². The second kappa shape index (κ2) is 7.80. The Morgan fingerprint density at radius 1 is 1.32 bits per heavy atom. The molecule has 1 aliphatic rings. The van der Waals surface area contributed by atoms with Gasteiger partial charge in [0.1, 0.15) is 5.82 Å². The Morgan fingerprint density at radius 3 is 2.84 bits per heavy atom. The molecule has 1 heterocycles. The second-order valence-electron chi connectivity index (χ2n) is 6.16. The van der Waals surface area contributed by atoms with Crippen molar-refractivity contribution in [3.8, 4) is 6.07 Å². The van der Waals surface area contributed by atoms with Crippen LogP contribution in [0.4, 0.5) is 4.39 Å². The Hall–Kier alpha value is -2.87. The molecule has 0 amide bonds. The molecule has 1 unspecified atom stereocenters. The van der Waals surface area contributed by atoms with Crippen LogP contribution in [0.1, 0.15) is 29.0 Å². The monoisotopic (exact) mass is 336 g/mol. The summed E-state index contributed by atoms with van der Waals surface area (Å²) >= 11 is 0. The van der Waals surface area contributed by atoms with Crippen LogP contribution in [-0.2, 0) is 6.54 Å². The van der Waals surface area contributed by atoms with Gasteiger partial charge >= 0.3 is 0 Å². The summed E-state index contributed by atoms with van der Waals surface area (Å²) < 4.78 is 13.9. The molecule has 0 saturated carbocycles. The van der Waals surface area contributed by atoms with Crippen LogP contribution in [0.25, 0.3) is 0 Å². The molecule has 4 nitrogen and oxygen atoms in total. The molecule has 1 saturated heterocycles. The highest BCUT2D eigenvalue weighted by molar-refractivity contribution is 5.80. The van der Waals surface area contributed by atoms with Gasteiger partial charge in [0.05, 0.1) is 11.6 Å². The molecule has 0 aromatic heterocycles. The molecular weight excluding hydrogens is 315 g/mol. The standard InChI is InChI=1S/C20H21FN4/c1-23-20(24-13-18-11-15(12-22)7-8-19(18)21)25-10-9-17(14-25)16-5-3-2-4-6-16/h2-8,11,17H,9-10,13-14H2,1H3,(H,23,24). The minimum Gasteiger partial charge on any atom is -0.352 e. The average molecular weight is 336 g/mol. The van der Waals surface area contributed by atoms with Crippen molar-refractivity contribution in [2.24, 2.45) is 4.99 Å². The van der Waals surface area contributed by atoms with E-state index in [-0.39, 0.29) is 5.82 Å². The van der Waals surface area contributed by atoms with E-state index in [9.17, 15) is 4.39 Å². The number of hydrogen-bond acceptors (Lipinski definition) is 2.